The van der Waals surface area contributed by atoms with E-state index in [-0.39, 0.29) is 0 Å². The van der Waals surface area contributed by atoms with Crippen LogP contribution in [-0.4, -0.2) is 42.8 Å². The SMILES string of the molecule is PC1CN(C2CCNCC2)C1. The lowest BCUT2D eigenvalue weighted by molar-refractivity contribution is 0.102. The Morgan fingerprint density at radius 2 is 1.82 bits per heavy atom. The van der Waals surface area contributed by atoms with Crippen LogP contribution in [0.1, 0.15) is 12.8 Å². The molecule has 2 aliphatic heterocycles. The van der Waals surface area contributed by atoms with Crippen molar-refractivity contribution in [1.82, 2.24) is 10.2 Å². The second-order valence-corrected chi connectivity index (χ2v) is 4.64. The smallest absolute Gasteiger partial charge is 0.0120 e. The molecule has 2 nitrogen and oxygen atoms in total. The van der Waals surface area contributed by atoms with Crippen LogP contribution in [0.3, 0.4) is 0 Å². The molecule has 2 saturated heterocycles. The van der Waals surface area contributed by atoms with Gasteiger partial charge >= 0.3 is 0 Å². The molecule has 0 amide bonds. The summed E-state index contributed by atoms with van der Waals surface area (Å²) in [6, 6.07) is 0.896. The topological polar surface area (TPSA) is 15.3 Å². The second-order valence-electron chi connectivity index (χ2n) is 3.70. The summed E-state index contributed by atoms with van der Waals surface area (Å²) in [6.07, 6.45) is 2.72. The van der Waals surface area contributed by atoms with Gasteiger partial charge in [0.05, 0.1) is 0 Å². The van der Waals surface area contributed by atoms with Crippen LogP contribution in [0.2, 0.25) is 0 Å². The summed E-state index contributed by atoms with van der Waals surface area (Å²) < 4.78 is 0. The maximum Gasteiger partial charge on any atom is 0.0120 e. The van der Waals surface area contributed by atoms with Crippen molar-refractivity contribution in [2.45, 2.75) is 24.5 Å². The fourth-order valence-corrected chi connectivity index (χ4v) is 2.56. The standard InChI is InChI=1S/C8H17N2P/c11-8-5-10(6-8)7-1-3-9-4-2-7/h7-9H,1-6,11H2. The van der Waals surface area contributed by atoms with E-state index in [4.69, 9.17) is 0 Å². The monoisotopic (exact) mass is 172 g/mol. The van der Waals surface area contributed by atoms with Gasteiger partial charge in [-0.1, -0.05) is 0 Å². The molecule has 3 heteroatoms. The Bertz CT molecular complexity index is 128. The van der Waals surface area contributed by atoms with Gasteiger partial charge in [-0.3, -0.25) is 4.90 Å². The molecule has 1 unspecified atom stereocenters. The van der Waals surface area contributed by atoms with Gasteiger partial charge in [-0.25, -0.2) is 0 Å². The molecule has 1 atom stereocenters. The summed E-state index contributed by atoms with van der Waals surface area (Å²) >= 11 is 0. The number of nitrogens with one attached hydrogen (secondary N) is 1. The summed E-state index contributed by atoms with van der Waals surface area (Å²) in [5.41, 5.74) is 0.880. The highest BCUT2D eigenvalue weighted by Gasteiger charge is 2.29. The van der Waals surface area contributed by atoms with Crippen LogP contribution in [-0.2, 0) is 0 Å². The zero-order chi connectivity index (χ0) is 7.68. The summed E-state index contributed by atoms with van der Waals surface area (Å²) in [5.74, 6) is 0. The van der Waals surface area contributed by atoms with Gasteiger partial charge in [0.25, 0.3) is 0 Å². The molecule has 2 rings (SSSR count). The molecule has 0 aromatic carbocycles. The highest BCUT2D eigenvalue weighted by molar-refractivity contribution is 7.17. The predicted molar refractivity (Wildman–Crippen MR) is 51.0 cm³/mol. The molecule has 0 aromatic rings. The van der Waals surface area contributed by atoms with E-state index in [2.05, 4.69) is 19.5 Å². The van der Waals surface area contributed by atoms with E-state index in [1.807, 2.05) is 0 Å². The molecule has 0 bridgehead atoms. The van der Waals surface area contributed by atoms with Gasteiger partial charge in [0, 0.05) is 19.1 Å². The zero-order valence-corrected chi connectivity index (χ0v) is 8.08. The molecule has 1 N–H and O–H groups in total. The van der Waals surface area contributed by atoms with Gasteiger partial charge in [-0.15, -0.1) is 9.24 Å². The van der Waals surface area contributed by atoms with Crippen molar-refractivity contribution in [2.75, 3.05) is 26.2 Å². The maximum atomic E-state index is 3.40. The maximum absolute atomic E-state index is 3.40. The summed E-state index contributed by atoms with van der Waals surface area (Å²) in [5, 5.41) is 3.40. The van der Waals surface area contributed by atoms with Gasteiger partial charge in [0.1, 0.15) is 0 Å². The van der Waals surface area contributed by atoms with Gasteiger partial charge in [-0.05, 0) is 31.6 Å². The van der Waals surface area contributed by atoms with Crippen molar-refractivity contribution in [2.24, 2.45) is 0 Å². The molecular formula is C8H17N2P. The lowest BCUT2D eigenvalue weighted by Gasteiger charge is -2.44. The van der Waals surface area contributed by atoms with Gasteiger partial charge in [-0.2, -0.15) is 0 Å². The number of likely N-dealkylation sites (tertiary alicyclic amines) is 1. The first-order valence-electron chi connectivity index (χ1n) is 4.56. The largest absolute Gasteiger partial charge is 0.317 e. The van der Waals surface area contributed by atoms with E-state index in [9.17, 15) is 0 Å². The molecule has 0 spiro atoms. The molecule has 2 aliphatic rings. The van der Waals surface area contributed by atoms with Gasteiger partial charge in [0.2, 0.25) is 0 Å². The Balaban J connectivity index is 1.76. The number of hydrogen-bond acceptors (Lipinski definition) is 2. The average molecular weight is 172 g/mol. The van der Waals surface area contributed by atoms with E-state index in [1.165, 1.54) is 39.0 Å². The minimum atomic E-state index is 0.880. The highest BCUT2D eigenvalue weighted by Crippen LogP contribution is 2.22. The highest BCUT2D eigenvalue weighted by atomic mass is 31.0. The van der Waals surface area contributed by atoms with E-state index in [0.29, 0.717) is 0 Å². The van der Waals surface area contributed by atoms with Crippen LogP contribution in [0.5, 0.6) is 0 Å². The Morgan fingerprint density at radius 3 is 2.36 bits per heavy atom. The molecule has 11 heavy (non-hydrogen) atoms. The van der Waals surface area contributed by atoms with Crippen LogP contribution in [0.25, 0.3) is 0 Å². The van der Waals surface area contributed by atoms with Crippen LogP contribution in [0.15, 0.2) is 0 Å². The first-order chi connectivity index (χ1) is 5.36. The molecular weight excluding hydrogens is 155 g/mol. The van der Waals surface area contributed by atoms with Crippen LogP contribution < -0.4 is 5.32 Å². The number of rotatable bonds is 1. The van der Waals surface area contributed by atoms with Crippen molar-refractivity contribution in [3.63, 3.8) is 0 Å². The Hall–Kier alpha value is 0.350. The Kier molecular flexibility index (Phi) is 2.45. The van der Waals surface area contributed by atoms with Gasteiger partial charge in [0.15, 0.2) is 0 Å². The third kappa shape index (κ3) is 1.74. The summed E-state index contributed by atoms with van der Waals surface area (Å²) in [7, 11) is 2.91. The fraction of sp³-hybridized carbons (Fsp3) is 1.00. The molecule has 2 fully saturated rings. The minimum absolute atomic E-state index is 0.880. The third-order valence-electron chi connectivity index (χ3n) is 2.76. The quantitative estimate of drug-likeness (QED) is 0.572. The van der Waals surface area contributed by atoms with Crippen molar-refractivity contribution in [3.05, 3.63) is 0 Å². The predicted octanol–water partition coefficient (Wildman–Crippen LogP) is 0.298. The van der Waals surface area contributed by atoms with E-state index in [1.54, 1.807) is 0 Å². The van der Waals surface area contributed by atoms with Crippen molar-refractivity contribution in [1.29, 1.82) is 0 Å². The zero-order valence-electron chi connectivity index (χ0n) is 6.92. The molecule has 0 saturated carbocycles. The van der Waals surface area contributed by atoms with Gasteiger partial charge < -0.3 is 5.32 Å². The van der Waals surface area contributed by atoms with Crippen LogP contribution >= 0.6 is 9.24 Å². The van der Waals surface area contributed by atoms with Crippen molar-refractivity contribution >= 4 is 9.24 Å². The van der Waals surface area contributed by atoms with E-state index >= 15 is 0 Å². The Labute approximate surface area is 70.9 Å². The normalized spacial score (nSPS) is 30.3. The second kappa shape index (κ2) is 3.38. The average Bonchev–Trinajstić information content (AvgIpc) is 2.01. The Morgan fingerprint density at radius 1 is 1.18 bits per heavy atom. The number of hydrogen-bond donors (Lipinski definition) is 1. The fourth-order valence-electron chi connectivity index (χ4n) is 2.02. The number of piperidine rings is 1. The first-order valence-corrected chi connectivity index (χ1v) is 5.23. The van der Waals surface area contributed by atoms with E-state index in [0.717, 1.165) is 11.7 Å². The molecule has 0 aliphatic carbocycles. The number of nitrogens with zero attached hydrogens (tertiary/aromatic N) is 1. The minimum Gasteiger partial charge on any atom is -0.317 e. The molecule has 0 radical (unpaired) electrons. The van der Waals surface area contributed by atoms with Crippen molar-refractivity contribution in [3.8, 4) is 0 Å². The van der Waals surface area contributed by atoms with Crippen LogP contribution in [0.4, 0.5) is 0 Å². The van der Waals surface area contributed by atoms with Crippen LogP contribution in [0, 0.1) is 0 Å². The lowest BCUT2D eigenvalue weighted by atomic mass is 10.0. The van der Waals surface area contributed by atoms with E-state index < -0.39 is 0 Å². The third-order valence-corrected chi connectivity index (χ3v) is 3.18. The summed E-state index contributed by atoms with van der Waals surface area (Å²) in [6.45, 7) is 5.08. The molecule has 0 aromatic heterocycles. The summed E-state index contributed by atoms with van der Waals surface area (Å²) in [4.78, 5) is 2.62. The molecule has 64 valence electrons. The molecule has 2 heterocycles. The lowest BCUT2D eigenvalue weighted by Crippen LogP contribution is -2.55. The first kappa shape index (κ1) is 7.97. The van der Waals surface area contributed by atoms with Crippen molar-refractivity contribution < 1.29 is 0 Å².